The fourth-order valence-corrected chi connectivity index (χ4v) is 2.35. The Labute approximate surface area is 120 Å². The van der Waals surface area contributed by atoms with Crippen LogP contribution in [0.5, 0.6) is 0 Å². The van der Waals surface area contributed by atoms with Gasteiger partial charge in [0.1, 0.15) is 5.56 Å². The molecular weight excluding hydrogens is 305 g/mol. The van der Waals surface area contributed by atoms with E-state index in [1.54, 1.807) is 0 Å². The molecule has 1 aliphatic carbocycles. The maximum Gasteiger partial charge on any atom is 0.450 e. The molecule has 2 aromatic rings. The number of furan rings is 1. The van der Waals surface area contributed by atoms with E-state index in [2.05, 4.69) is 4.42 Å². The molecule has 8 heteroatoms. The first kappa shape index (κ1) is 14.1. The number of halogens is 3. The van der Waals surface area contributed by atoms with Crippen molar-refractivity contribution in [1.82, 2.24) is 0 Å². The summed E-state index contributed by atoms with van der Waals surface area (Å²) >= 11 is 0. The van der Waals surface area contributed by atoms with E-state index in [0.717, 1.165) is 0 Å². The summed E-state index contributed by atoms with van der Waals surface area (Å²) in [4.78, 5) is 35.6. The predicted octanol–water partition coefficient (Wildman–Crippen LogP) is 2.77. The van der Waals surface area contributed by atoms with Crippen molar-refractivity contribution in [3.63, 3.8) is 0 Å². The standard InChI is InChI=1S/C14H5F3O5/c15-14(16,17)12-8(13(20)21)7-9(18)5-3-1-2-4-6(5)10(19)11(7)22-12/h1-4H,(H,20,21). The van der Waals surface area contributed by atoms with Crippen molar-refractivity contribution in [2.24, 2.45) is 0 Å². The van der Waals surface area contributed by atoms with Gasteiger partial charge in [0.25, 0.3) is 0 Å². The summed E-state index contributed by atoms with van der Waals surface area (Å²) in [6.45, 7) is 0. The van der Waals surface area contributed by atoms with Gasteiger partial charge in [-0.2, -0.15) is 13.2 Å². The van der Waals surface area contributed by atoms with Gasteiger partial charge in [-0.25, -0.2) is 4.79 Å². The number of aromatic carboxylic acids is 1. The average Bonchev–Trinajstić information content (AvgIpc) is 2.86. The summed E-state index contributed by atoms with van der Waals surface area (Å²) in [6, 6.07) is 5.35. The van der Waals surface area contributed by atoms with E-state index in [1.165, 1.54) is 24.3 Å². The number of carboxylic acids is 1. The minimum Gasteiger partial charge on any atom is -0.478 e. The number of carbonyl (C=O) groups is 3. The van der Waals surface area contributed by atoms with Crippen molar-refractivity contribution in [3.8, 4) is 0 Å². The van der Waals surface area contributed by atoms with Gasteiger partial charge in [-0.15, -0.1) is 0 Å². The molecule has 22 heavy (non-hydrogen) atoms. The molecule has 0 spiro atoms. The number of benzene rings is 1. The molecule has 0 amide bonds. The van der Waals surface area contributed by atoms with Crippen molar-refractivity contribution in [2.45, 2.75) is 6.18 Å². The lowest BCUT2D eigenvalue weighted by atomic mass is 9.86. The molecule has 3 rings (SSSR count). The molecule has 0 radical (unpaired) electrons. The summed E-state index contributed by atoms with van der Waals surface area (Å²) < 4.78 is 43.1. The van der Waals surface area contributed by atoms with Crippen molar-refractivity contribution in [1.29, 1.82) is 0 Å². The first-order valence-corrected chi connectivity index (χ1v) is 5.89. The van der Waals surface area contributed by atoms with E-state index in [1.807, 2.05) is 0 Å². The Morgan fingerprint density at radius 3 is 2.09 bits per heavy atom. The summed E-state index contributed by atoms with van der Waals surface area (Å²) in [6.07, 6.45) is -5.14. The normalized spacial score (nSPS) is 13.8. The second-order valence-corrected chi connectivity index (χ2v) is 4.52. The van der Waals surface area contributed by atoms with Gasteiger partial charge in [-0.05, 0) is 0 Å². The van der Waals surface area contributed by atoms with Gasteiger partial charge in [-0.1, -0.05) is 24.3 Å². The highest BCUT2D eigenvalue weighted by molar-refractivity contribution is 6.29. The monoisotopic (exact) mass is 310 g/mol. The van der Waals surface area contributed by atoms with E-state index in [0.29, 0.717) is 0 Å². The Balaban J connectivity index is 2.38. The molecule has 1 aromatic carbocycles. The third-order valence-corrected chi connectivity index (χ3v) is 3.23. The van der Waals surface area contributed by atoms with Crippen LogP contribution in [0.3, 0.4) is 0 Å². The number of hydrogen-bond donors (Lipinski definition) is 1. The number of ketones is 2. The zero-order chi connectivity index (χ0) is 16.2. The Kier molecular flexibility index (Phi) is 2.74. The van der Waals surface area contributed by atoms with Gasteiger partial charge < -0.3 is 9.52 Å². The van der Waals surface area contributed by atoms with Crippen LogP contribution >= 0.6 is 0 Å². The van der Waals surface area contributed by atoms with Crippen molar-refractivity contribution < 1.29 is 37.1 Å². The Bertz CT molecular complexity index is 845. The van der Waals surface area contributed by atoms with E-state index >= 15 is 0 Å². The van der Waals surface area contributed by atoms with E-state index < -0.39 is 46.4 Å². The van der Waals surface area contributed by atoms with Crippen LogP contribution in [0, 0.1) is 0 Å². The Hall–Kier alpha value is -2.90. The predicted molar refractivity (Wildman–Crippen MR) is 64.0 cm³/mol. The van der Waals surface area contributed by atoms with Crippen LogP contribution in [0.1, 0.15) is 48.2 Å². The van der Waals surface area contributed by atoms with E-state index in [4.69, 9.17) is 5.11 Å². The second-order valence-electron chi connectivity index (χ2n) is 4.52. The van der Waals surface area contributed by atoms with Crippen molar-refractivity contribution >= 4 is 17.5 Å². The molecule has 0 saturated carbocycles. The van der Waals surface area contributed by atoms with Crippen LogP contribution in [0.15, 0.2) is 28.7 Å². The van der Waals surface area contributed by atoms with Crippen LogP contribution in [-0.2, 0) is 6.18 Å². The van der Waals surface area contributed by atoms with Crippen molar-refractivity contribution in [2.75, 3.05) is 0 Å². The highest BCUT2D eigenvalue weighted by Crippen LogP contribution is 2.40. The maximum absolute atomic E-state index is 12.9. The lowest BCUT2D eigenvalue weighted by Gasteiger charge is -2.12. The first-order valence-electron chi connectivity index (χ1n) is 5.89. The average molecular weight is 310 g/mol. The van der Waals surface area contributed by atoms with Crippen molar-refractivity contribution in [3.05, 3.63) is 58.0 Å². The lowest BCUT2D eigenvalue weighted by molar-refractivity contribution is -0.153. The fraction of sp³-hybridized carbons (Fsp3) is 0.0714. The second kappa shape index (κ2) is 4.30. The molecule has 5 nitrogen and oxygen atoms in total. The molecule has 0 saturated heterocycles. The fourth-order valence-electron chi connectivity index (χ4n) is 2.35. The Morgan fingerprint density at radius 1 is 1.05 bits per heavy atom. The Morgan fingerprint density at radius 2 is 1.59 bits per heavy atom. The number of rotatable bonds is 1. The lowest BCUT2D eigenvalue weighted by Crippen LogP contribution is -2.21. The molecule has 0 aliphatic heterocycles. The summed E-state index contributed by atoms with van der Waals surface area (Å²) in [7, 11) is 0. The van der Waals surface area contributed by atoms with E-state index in [9.17, 15) is 27.6 Å². The summed E-state index contributed by atoms with van der Waals surface area (Å²) in [5, 5.41) is 9.00. The minimum absolute atomic E-state index is 0.126. The van der Waals surface area contributed by atoms with Crippen LogP contribution in [0.25, 0.3) is 0 Å². The van der Waals surface area contributed by atoms with Crippen LogP contribution in [0.4, 0.5) is 13.2 Å². The zero-order valence-electron chi connectivity index (χ0n) is 10.5. The van der Waals surface area contributed by atoms with Gasteiger partial charge in [0, 0.05) is 11.1 Å². The maximum atomic E-state index is 12.9. The molecular formula is C14H5F3O5. The number of hydrogen-bond acceptors (Lipinski definition) is 4. The van der Waals surface area contributed by atoms with Gasteiger partial charge >= 0.3 is 12.1 Å². The summed E-state index contributed by atoms with van der Waals surface area (Å²) in [5.74, 6) is -6.68. The highest BCUT2D eigenvalue weighted by Gasteiger charge is 2.47. The quantitative estimate of drug-likeness (QED) is 0.747. The minimum atomic E-state index is -5.14. The first-order chi connectivity index (χ1) is 10.2. The topological polar surface area (TPSA) is 84.6 Å². The highest BCUT2D eigenvalue weighted by atomic mass is 19.4. The molecule has 112 valence electrons. The van der Waals surface area contributed by atoms with Gasteiger partial charge in [0.2, 0.25) is 11.5 Å². The van der Waals surface area contributed by atoms with Crippen LogP contribution in [0.2, 0.25) is 0 Å². The third kappa shape index (κ3) is 1.77. The third-order valence-electron chi connectivity index (χ3n) is 3.23. The number of alkyl halides is 3. The number of carboxylic acid groups (broad SMARTS) is 1. The molecule has 0 unspecified atom stereocenters. The largest absolute Gasteiger partial charge is 0.478 e. The molecule has 1 aliphatic rings. The summed E-state index contributed by atoms with van der Waals surface area (Å²) in [5.41, 5.74) is -2.48. The SMILES string of the molecule is O=C1c2ccccc2C(=O)c2c1oc(C(F)(F)F)c2C(=O)O. The number of carbonyl (C=O) groups excluding carboxylic acids is 2. The van der Waals surface area contributed by atoms with Gasteiger partial charge in [0.05, 0.1) is 5.56 Å². The van der Waals surface area contributed by atoms with Gasteiger partial charge in [-0.3, -0.25) is 9.59 Å². The zero-order valence-corrected chi connectivity index (χ0v) is 10.5. The van der Waals surface area contributed by atoms with Crippen LogP contribution < -0.4 is 0 Å². The molecule has 0 atom stereocenters. The molecule has 1 heterocycles. The molecule has 0 bridgehead atoms. The van der Waals surface area contributed by atoms with E-state index in [-0.39, 0.29) is 11.1 Å². The van der Waals surface area contributed by atoms with Gasteiger partial charge in [0.15, 0.2) is 11.5 Å². The molecule has 0 fully saturated rings. The molecule has 1 N–H and O–H groups in total. The van der Waals surface area contributed by atoms with Crippen LogP contribution in [-0.4, -0.2) is 22.6 Å². The smallest absolute Gasteiger partial charge is 0.450 e. The molecule has 1 aromatic heterocycles. The number of fused-ring (bicyclic) bond motifs is 2.